The lowest BCUT2D eigenvalue weighted by atomic mass is 9.99. The maximum absolute atomic E-state index is 6.30. The van der Waals surface area contributed by atoms with E-state index >= 15 is 0 Å². The zero-order chi connectivity index (χ0) is 26.9. The SMILES string of the molecule is c1ccc2c(c1)cc(N(c1ccc3oc4ncccc4c3c1)c1nccc3oc4ccccc4c13)c1ccccc12. The van der Waals surface area contributed by atoms with Gasteiger partial charge in [-0.15, -0.1) is 0 Å². The van der Waals surface area contributed by atoms with Crippen LogP contribution in [0.5, 0.6) is 0 Å². The molecule has 41 heavy (non-hydrogen) atoms. The quantitative estimate of drug-likeness (QED) is 0.214. The Morgan fingerprint density at radius 3 is 2.17 bits per heavy atom. The average molecular weight is 528 g/mol. The zero-order valence-corrected chi connectivity index (χ0v) is 21.8. The van der Waals surface area contributed by atoms with E-state index in [1.807, 2.05) is 42.6 Å². The van der Waals surface area contributed by atoms with Crippen molar-refractivity contribution in [1.82, 2.24) is 9.97 Å². The van der Waals surface area contributed by atoms with Crippen LogP contribution in [0.3, 0.4) is 0 Å². The minimum absolute atomic E-state index is 0.628. The Balaban J connectivity index is 1.43. The number of furan rings is 2. The normalized spacial score (nSPS) is 11.9. The lowest BCUT2D eigenvalue weighted by Gasteiger charge is -2.27. The number of fused-ring (bicyclic) bond motifs is 9. The number of hydrogen-bond donors (Lipinski definition) is 0. The fraction of sp³-hybridized carbons (Fsp3) is 0. The summed E-state index contributed by atoms with van der Waals surface area (Å²) in [6.07, 6.45) is 3.58. The van der Waals surface area contributed by atoms with Crippen molar-refractivity contribution in [1.29, 1.82) is 0 Å². The lowest BCUT2D eigenvalue weighted by Crippen LogP contribution is -2.12. The highest BCUT2D eigenvalue weighted by Crippen LogP contribution is 2.46. The number of rotatable bonds is 3. The van der Waals surface area contributed by atoms with Crippen LogP contribution in [0.1, 0.15) is 0 Å². The van der Waals surface area contributed by atoms with E-state index in [4.69, 9.17) is 13.8 Å². The molecule has 0 N–H and O–H groups in total. The molecule has 5 aromatic carbocycles. The predicted octanol–water partition coefficient (Wildman–Crippen LogP) is 10.1. The smallest absolute Gasteiger partial charge is 0.227 e. The summed E-state index contributed by atoms with van der Waals surface area (Å²) in [7, 11) is 0. The summed E-state index contributed by atoms with van der Waals surface area (Å²) in [6.45, 7) is 0. The third-order valence-corrected chi connectivity index (χ3v) is 7.96. The van der Waals surface area contributed by atoms with E-state index in [9.17, 15) is 0 Å². The number of pyridine rings is 2. The summed E-state index contributed by atoms with van der Waals surface area (Å²) in [5.41, 5.74) is 5.06. The number of nitrogens with zero attached hydrogens (tertiary/aromatic N) is 3. The standard InChI is InChI=1S/C36H21N3O2/c1-2-9-24-22(8-1)20-30(26-11-4-3-10-25(24)26)39(23-15-16-32-29(21-23)27-13-7-18-38-36(27)41-32)35-34-28-12-5-6-14-31(28)40-33(34)17-19-37-35/h1-21H. The molecule has 0 aliphatic heterocycles. The van der Waals surface area contributed by atoms with Gasteiger partial charge < -0.3 is 8.83 Å². The van der Waals surface area contributed by atoms with Crippen molar-refractivity contribution in [3.8, 4) is 0 Å². The van der Waals surface area contributed by atoms with Gasteiger partial charge in [0, 0.05) is 39.6 Å². The van der Waals surface area contributed by atoms with E-state index in [1.165, 1.54) is 10.8 Å². The number of para-hydroxylation sites is 1. The van der Waals surface area contributed by atoms with Crippen molar-refractivity contribution in [2.45, 2.75) is 0 Å². The van der Waals surface area contributed by atoms with Crippen LogP contribution in [-0.4, -0.2) is 9.97 Å². The van der Waals surface area contributed by atoms with E-state index in [0.29, 0.717) is 5.71 Å². The lowest BCUT2D eigenvalue weighted by molar-refractivity contribution is 0.654. The van der Waals surface area contributed by atoms with Crippen molar-refractivity contribution in [2.75, 3.05) is 4.90 Å². The zero-order valence-electron chi connectivity index (χ0n) is 21.8. The molecule has 0 amide bonds. The molecule has 0 atom stereocenters. The first kappa shape index (κ1) is 22.2. The molecule has 0 fully saturated rings. The number of benzene rings is 5. The maximum Gasteiger partial charge on any atom is 0.227 e. The minimum atomic E-state index is 0.628. The summed E-state index contributed by atoms with van der Waals surface area (Å²) in [4.78, 5) is 11.7. The van der Waals surface area contributed by atoms with E-state index in [0.717, 1.165) is 66.3 Å². The van der Waals surface area contributed by atoms with Crippen molar-refractivity contribution in [3.05, 3.63) is 128 Å². The molecule has 0 saturated carbocycles. The first-order valence-corrected chi connectivity index (χ1v) is 13.6. The predicted molar refractivity (Wildman–Crippen MR) is 166 cm³/mol. The highest BCUT2D eigenvalue weighted by Gasteiger charge is 2.24. The van der Waals surface area contributed by atoms with Gasteiger partial charge in [-0.2, -0.15) is 0 Å². The van der Waals surface area contributed by atoms with Gasteiger partial charge in [0.1, 0.15) is 22.6 Å². The summed E-state index contributed by atoms with van der Waals surface area (Å²) >= 11 is 0. The van der Waals surface area contributed by atoms with Gasteiger partial charge in [-0.25, -0.2) is 9.97 Å². The number of aromatic nitrogens is 2. The fourth-order valence-electron chi connectivity index (χ4n) is 6.15. The molecular formula is C36H21N3O2. The Hall–Kier alpha value is -5.68. The van der Waals surface area contributed by atoms with Crippen LogP contribution in [-0.2, 0) is 0 Å². The van der Waals surface area contributed by atoms with Crippen molar-refractivity contribution in [3.63, 3.8) is 0 Å². The molecule has 0 aliphatic carbocycles. The summed E-state index contributed by atoms with van der Waals surface area (Å²) in [6, 6.07) is 39.8. The highest BCUT2D eigenvalue weighted by molar-refractivity contribution is 6.18. The first-order valence-electron chi connectivity index (χ1n) is 13.6. The molecule has 4 heterocycles. The molecule has 0 radical (unpaired) electrons. The van der Waals surface area contributed by atoms with Crippen molar-refractivity contribution in [2.24, 2.45) is 0 Å². The molecule has 0 spiro atoms. The third-order valence-electron chi connectivity index (χ3n) is 7.96. The Kier molecular flexibility index (Phi) is 4.55. The Morgan fingerprint density at radius 1 is 0.488 bits per heavy atom. The average Bonchev–Trinajstić information content (AvgIpc) is 3.60. The van der Waals surface area contributed by atoms with Gasteiger partial charge >= 0.3 is 0 Å². The molecule has 0 bridgehead atoms. The topological polar surface area (TPSA) is 55.3 Å². The summed E-state index contributed by atoms with van der Waals surface area (Å²) in [5, 5.41) is 8.69. The van der Waals surface area contributed by atoms with Crippen LogP contribution >= 0.6 is 0 Å². The van der Waals surface area contributed by atoms with Crippen LogP contribution in [0.4, 0.5) is 17.2 Å². The Morgan fingerprint density at radius 2 is 1.24 bits per heavy atom. The van der Waals surface area contributed by atoms with Gasteiger partial charge in [0.2, 0.25) is 5.71 Å². The second kappa shape index (κ2) is 8.41. The monoisotopic (exact) mass is 527 g/mol. The van der Waals surface area contributed by atoms with E-state index in [1.54, 1.807) is 6.20 Å². The Bertz CT molecular complexity index is 2450. The molecule has 4 aromatic heterocycles. The molecule has 5 nitrogen and oxygen atoms in total. The van der Waals surface area contributed by atoms with Gasteiger partial charge in [-0.3, -0.25) is 4.90 Å². The van der Waals surface area contributed by atoms with Gasteiger partial charge in [0.15, 0.2) is 0 Å². The molecular weight excluding hydrogens is 506 g/mol. The van der Waals surface area contributed by atoms with Crippen LogP contribution in [0.15, 0.2) is 136 Å². The van der Waals surface area contributed by atoms with Gasteiger partial charge in [0.25, 0.3) is 0 Å². The molecule has 9 rings (SSSR count). The van der Waals surface area contributed by atoms with E-state index < -0.39 is 0 Å². The van der Waals surface area contributed by atoms with Crippen molar-refractivity contribution >= 4 is 82.7 Å². The maximum atomic E-state index is 6.30. The highest BCUT2D eigenvalue weighted by atomic mass is 16.3. The summed E-state index contributed by atoms with van der Waals surface area (Å²) in [5.74, 6) is 0.804. The molecule has 5 heteroatoms. The fourth-order valence-corrected chi connectivity index (χ4v) is 6.15. The molecule has 9 aromatic rings. The molecule has 0 unspecified atom stereocenters. The van der Waals surface area contributed by atoms with Crippen LogP contribution in [0.25, 0.3) is 65.6 Å². The number of anilines is 3. The molecule has 0 aliphatic rings. The molecule has 0 saturated heterocycles. The second-order valence-corrected chi connectivity index (χ2v) is 10.2. The number of hydrogen-bond acceptors (Lipinski definition) is 5. The minimum Gasteiger partial charge on any atom is -0.456 e. The second-order valence-electron chi connectivity index (χ2n) is 10.2. The summed E-state index contributed by atoms with van der Waals surface area (Å²) < 4.78 is 12.4. The van der Waals surface area contributed by atoms with E-state index in [-0.39, 0.29) is 0 Å². The van der Waals surface area contributed by atoms with Gasteiger partial charge in [-0.05, 0) is 64.7 Å². The third kappa shape index (κ3) is 3.23. The van der Waals surface area contributed by atoms with Gasteiger partial charge in [-0.1, -0.05) is 66.7 Å². The molecule has 192 valence electrons. The van der Waals surface area contributed by atoms with Crippen LogP contribution < -0.4 is 4.90 Å². The first-order chi connectivity index (χ1) is 20.3. The Labute approximate surface area is 233 Å². The van der Waals surface area contributed by atoms with Gasteiger partial charge in [0.05, 0.1) is 11.1 Å². The largest absolute Gasteiger partial charge is 0.456 e. The van der Waals surface area contributed by atoms with E-state index in [2.05, 4.69) is 88.7 Å². The van der Waals surface area contributed by atoms with Crippen LogP contribution in [0.2, 0.25) is 0 Å². The van der Waals surface area contributed by atoms with Crippen LogP contribution in [0, 0.1) is 0 Å². The van der Waals surface area contributed by atoms with Crippen molar-refractivity contribution < 1.29 is 8.83 Å².